The quantitative estimate of drug-likeness (QED) is 0.233. The van der Waals surface area contributed by atoms with E-state index in [1.807, 2.05) is 0 Å². The molecule has 0 aliphatic rings. The Balaban J connectivity index is 4.47. The maximum Gasteiger partial charge on any atom is 0.177 e. The average molecular weight is 239 g/mol. The van der Waals surface area contributed by atoms with Crippen LogP contribution in [-0.4, -0.2) is 80.1 Å². The molecule has 96 valence electrons. The summed E-state index contributed by atoms with van der Waals surface area (Å²) in [6, 6.07) is 0. The highest BCUT2D eigenvalue weighted by Gasteiger charge is 2.36. The van der Waals surface area contributed by atoms with Crippen LogP contribution in [0.15, 0.2) is 0 Å². The maximum absolute atomic E-state index is 10.9. The molecule has 0 spiro atoms. The molecule has 0 heterocycles. The maximum atomic E-state index is 10.9. The molecule has 8 nitrogen and oxygen atoms in total. The third kappa shape index (κ3) is 3.76. The Morgan fingerprint density at radius 3 is 1.88 bits per heavy atom. The lowest BCUT2D eigenvalue weighted by Gasteiger charge is -2.27. The zero-order valence-electron chi connectivity index (χ0n) is 8.47. The van der Waals surface area contributed by atoms with Gasteiger partial charge in [0.05, 0.1) is 13.2 Å². The van der Waals surface area contributed by atoms with E-state index in [2.05, 4.69) is 0 Å². The zero-order valence-corrected chi connectivity index (χ0v) is 8.47. The molecule has 0 saturated heterocycles. The second-order valence-electron chi connectivity index (χ2n) is 3.34. The summed E-state index contributed by atoms with van der Waals surface area (Å²) in [7, 11) is 0. The summed E-state index contributed by atoms with van der Waals surface area (Å²) in [5, 5.41) is 54.3. The van der Waals surface area contributed by atoms with Crippen molar-refractivity contribution in [2.45, 2.75) is 30.5 Å². The van der Waals surface area contributed by atoms with Gasteiger partial charge >= 0.3 is 0 Å². The predicted molar refractivity (Wildman–Crippen MR) is 51.2 cm³/mol. The average Bonchev–Trinajstić information content (AvgIpc) is 2.32. The summed E-state index contributed by atoms with van der Waals surface area (Å²) in [5.41, 5.74) is 4.92. The van der Waals surface area contributed by atoms with E-state index < -0.39 is 49.5 Å². The second-order valence-corrected chi connectivity index (χ2v) is 3.34. The van der Waals surface area contributed by atoms with E-state index in [9.17, 15) is 20.1 Å². The van der Waals surface area contributed by atoms with Gasteiger partial charge in [-0.1, -0.05) is 0 Å². The minimum Gasteiger partial charge on any atom is -0.394 e. The Bertz CT molecular complexity index is 224. The monoisotopic (exact) mass is 239 g/mol. The number of aliphatic hydroxyl groups excluding tert-OH is 6. The SMILES string of the molecule is NCC(=O)[C@H](O)[C@@H](O)[C@@H](O)[C@H](O)[C@H](O)CO. The first-order chi connectivity index (χ1) is 7.36. The molecule has 0 bridgehead atoms. The van der Waals surface area contributed by atoms with E-state index in [0.717, 1.165) is 0 Å². The third-order valence-corrected chi connectivity index (χ3v) is 2.14. The molecular formula is C8H17NO7. The summed E-state index contributed by atoms with van der Waals surface area (Å²) in [5.74, 6) is -0.919. The first-order valence-corrected chi connectivity index (χ1v) is 4.60. The number of hydrogen-bond acceptors (Lipinski definition) is 8. The van der Waals surface area contributed by atoms with Gasteiger partial charge in [-0.15, -0.1) is 0 Å². The standard InChI is InChI=1S/C8H17NO7/c9-1-3(11)5(13)7(15)8(16)6(14)4(12)2-10/h4-8,10,12-16H,1-2,9H2/t4-,5+,6-,7-,8+/m1/s1. The van der Waals surface area contributed by atoms with E-state index in [-0.39, 0.29) is 0 Å². The van der Waals surface area contributed by atoms with E-state index in [4.69, 9.17) is 21.1 Å². The Morgan fingerprint density at radius 2 is 1.50 bits per heavy atom. The number of carbonyl (C=O) groups excluding carboxylic acids is 1. The van der Waals surface area contributed by atoms with Crippen LogP contribution in [0.3, 0.4) is 0 Å². The van der Waals surface area contributed by atoms with E-state index in [1.54, 1.807) is 0 Å². The minimum atomic E-state index is -1.99. The summed E-state index contributed by atoms with van der Waals surface area (Å²) in [4.78, 5) is 10.9. The van der Waals surface area contributed by atoms with Crippen LogP contribution >= 0.6 is 0 Å². The highest BCUT2D eigenvalue weighted by Crippen LogP contribution is 2.08. The number of rotatable bonds is 7. The number of aliphatic hydroxyl groups is 6. The summed E-state index contributed by atoms with van der Waals surface area (Å²) >= 11 is 0. The van der Waals surface area contributed by atoms with Crippen molar-refractivity contribution in [2.75, 3.05) is 13.2 Å². The van der Waals surface area contributed by atoms with Crippen LogP contribution in [0.5, 0.6) is 0 Å². The fourth-order valence-electron chi connectivity index (χ4n) is 1.04. The lowest BCUT2D eigenvalue weighted by atomic mass is 9.97. The number of ketones is 1. The second kappa shape index (κ2) is 6.86. The molecule has 0 saturated carbocycles. The molecular weight excluding hydrogens is 222 g/mol. The van der Waals surface area contributed by atoms with Crippen molar-refractivity contribution < 1.29 is 35.4 Å². The van der Waals surface area contributed by atoms with Gasteiger partial charge in [-0.3, -0.25) is 4.79 Å². The van der Waals surface area contributed by atoms with Crippen LogP contribution in [0.25, 0.3) is 0 Å². The molecule has 8 heteroatoms. The van der Waals surface area contributed by atoms with Crippen molar-refractivity contribution >= 4 is 5.78 Å². The normalized spacial score (nSPS) is 20.9. The van der Waals surface area contributed by atoms with Crippen molar-refractivity contribution in [3.8, 4) is 0 Å². The number of hydrogen-bond donors (Lipinski definition) is 7. The number of nitrogens with two attached hydrogens (primary N) is 1. The molecule has 0 aromatic heterocycles. The summed E-state index contributed by atoms with van der Waals surface area (Å²) in [6.07, 6.45) is -9.51. The van der Waals surface area contributed by atoms with E-state index in [1.165, 1.54) is 0 Å². The topological polar surface area (TPSA) is 164 Å². The fourth-order valence-corrected chi connectivity index (χ4v) is 1.04. The predicted octanol–water partition coefficient (Wildman–Crippen LogP) is -4.69. The molecule has 5 atom stereocenters. The molecule has 8 N–H and O–H groups in total. The summed E-state index contributed by atoms with van der Waals surface area (Å²) in [6.45, 7) is -1.38. The first kappa shape index (κ1) is 15.4. The molecule has 0 aromatic rings. The van der Waals surface area contributed by atoms with Crippen LogP contribution in [-0.2, 0) is 4.79 Å². The van der Waals surface area contributed by atoms with Crippen LogP contribution in [0.1, 0.15) is 0 Å². The Hall–Kier alpha value is -0.610. The molecule has 0 unspecified atom stereocenters. The van der Waals surface area contributed by atoms with Crippen LogP contribution in [0.4, 0.5) is 0 Å². The van der Waals surface area contributed by atoms with Crippen LogP contribution < -0.4 is 5.73 Å². The molecule has 0 fully saturated rings. The van der Waals surface area contributed by atoms with Gasteiger partial charge in [0.25, 0.3) is 0 Å². The highest BCUT2D eigenvalue weighted by atomic mass is 16.4. The van der Waals surface area contributed by atoms with Crippen LogP contribution in [0.2, 0.25) is 0 Å². The zero-order chi connectivity index (χ0) is 12.9. The van der Waals surface area contributed by atoms with Gasteiger partial charge < -0.3 is 36.4 Å². The number of Topliss-reactive ketones (excluding diaryl/α,β-unsaturated/α-hetero) is 1. The van der Waals surface area contributed by atoms with Crippen molar-refractivity contribution in [2.24, 2.45) is 5.73 Å². The van der Waals surface area contributed by atoms with Gasteiger partial charge in [0.15, 0.2) is 5.78 Å². The Morgan fingerprint density at radius 1 is 1.00 bits per heavy atom. The smallest absolute Gasteiger partial charge is 0.177 e. The molecule has 0 rings (SSSR count). The summed E-state index contributed by atoms with van der Waals surface area (Å²) < 4.78 is 0. The molecule has 0 aliphatic carbocycles. The van der Waals surface area contributed by atoms with Crippen LogP contribution in [0, 0.1) is 0 Å². The van der Waals surface area contributed by atoms with Gasteiger partial charge in [-0.05, 0) is 0 Å². The molecule has 16 heavy (non-hydrogen) atoms. The lowest BCUT2D eigenvalue weighted by Crippen LogP contribution is -2.52. The van der Waals surface area contributed by atoms with Crippen molar-refractivity contribution in [1.82, 2.24) is 0 Å². The van der Waals surface area contributed by atoms with Gasteiger partial charge in [0.2, 0.25) is 0 Å². The van der Waals surface area contributed by atoms with Crippen molar-refractivity contribution in [3.63, 3.8) is 0 Å². The Kier molecular flexibility index (Phi) is 6.60. The van der Waals surface area contributed by atoms with Gasteiger partial charge in [0.1, 0.15) is 30.5 Å². The van der Waals surface area contributed by atoms with E-state index in [0.29, 0.717) is 0 Å². The van der Waals surface area contributed by atoms with Gasteiger partial charge in [-0.25, -0.2) is 0 Å². The third-order valence-electron chi connectivity index (χ3n) is 2.14. The fraction of sp³-hybridized carbons (Fsp3) is 0.875. The minimum absolute atomic E-state index is 0.538. The van der Waals surface area contributed by atoms with Crippen molar-refractivity contribution in [3.05, 3.63) is 0 Å². The largest absolute Gasteiger partial charge is 0.394 e. The highest BCUT2D eigenvalue weighted by molar-refractivity contribution is 5.85. The number of carbonyl (C=O) groups is 1. The van der Waals surface area contributed by atoms with Gasteiger partial charge in [0, 0.05) is 0 Å². The molecule has 0 aliphatic heterocycles. The van der Waals surface area contributed by atoms with E-state index >= 15 is 0 Å². The van der Waals surface area contributed by atoms with Gasteiger partial charge in [-0.2, -0.15) is 0 Å². The molecule has 0 amide bonds. The first-order valence-electron chi connectivity index (χ1n) is 4.60. The Labute approximate surface area is 91.6 Å². The molecule has 0 radical (unpaired) electrons. The van der Waals surface area contributed by atoms with Crippen molar-refractivity contribution in [1.29, 1.82) is 0 Å². The molecule has 0 aromatic carbocycles. The lowest BCUT2D eigenvalue weighted by molar-refractivity contribution is -0.154.